The number of aryl methyl sites for hydroxylation is 2. The van der Waals surface area contributed by atoms with Crippen LogP contribution in [0.25, 0.3) is 0 Å². The van der Waals surface area contributed by atoms with Crippen LogP contribution in [-0.2, 0) is 24.2 Å². The van der Waals surface area contributed by atoms with Crippen molar-refractivity contribution in [1.82, 2.24) is 29.9 Å². The van der Waals surface area contributed by atoms with E-state index in [0.29, 0.717) is 0 Å². The lowest BCUT2D eigenvalue weighted by atomic mass is 10.1. The Morgan fingerprint density at radius 1 is 1.40 bits per heavy atom. The number of nitrogens with one attached hydrogen (secondary N) is 2. The molecule has 3 heterocycles. The molecule has 1 aliphatic rings. The number of aromatic nitrogens is 5. The van der Waals surface area contributed by atoms with Crippen molar-refractivity contribution in [3.8, 4) is 0 Å². The third-order valence-corrected chi connectivity index (χ3v) is 4.51. The topological polar surface area (TPSA) is 89.7 Å². The number of hydrogen-bond donors (Lipinski definition) is 2. The summed E-state index contributed by atoms with van der Waals surface area (Å²) < 4.78 is 3.78. The van der Waals surface area contributed by atoms with Gasteiger partial charge in [0.15, 0.2) is 5.82 Å². The summed E-state index contributed by atoms with van der Waals surface area (Å²) in [6.45, 7) is 8.77. The summed E-state index contributed by atoms with van der Waals surface area (Å²) in [6.07, 6.45) is 4.40. The van der Waals surface area contributed by atoms with Crippen LogP contribution in [0.15, 0.2) is 12.3 Å². The highest BCUT2D eigenvalue weighted by atomic mass is 16.2. The fraction of sp³-hybridized carbons (Fsp3) is 0.647. The molecule has 0 aliphatic carbocycles. The van der Waals surface area contributed by atoms with E-state index in [4.69, 9.17) is 0 Å². The molecule has 0 radical (unpaired) electrons. The van der Waals surface area contributed by atoms with Crippen molar-refractivity contribution < 1.29 is 4.79 Å². The number of hydrogen-bond acceptors (Lipinski definition) is 5. The smallest absolute Gasteiger partial charge is 0.242 e. The maximum atomic E-state index is 12.5. The van der Waals surface area contributed by atoms with Crippen molar-refractivity contribution >= 4 is 11.7 Å². The molecule has 1 aliphatic heterocycles. The Balaban J connectivity index is 1.57. The highest BCUT2D eigenvalue weighted by molar-refractivity contribution is 5.93. The van der Waals surface area contributed by atoms with E-state index in [1.807, 2.05) is 31.5 Å². The zero-order chi connectivity index (χ0) is 18.0. The van der Waals surface area contributed by atoms with Crippen LogP contribution < -0.4 is 10.6 Å². The highest BCUT2D eigenvalue weighted by Crippen LogP contribution is 2.15. The summed E-state index contributed by atoms with van der Waals surface area (Å²) in [5.74, 6) is 2.61. The second-order valence-electron chi connectivity index (χ2n) is 6.85. The van der Waals surface area contributed by atoms with E-state index in [1.54, 1.807) is 10.9 Å². The van der Waals surface area contributed by atoms with E-state index in [0.717, 1.165) is 43.3 Å². The number of fused-ring (bicyclic) bond motifs is 1. The van der Waals surface area contributed by atoms with Gasteiger partial charge in [0.25, 0.3) is 0 Å². The van der Waals surface area contributed by atoms with Crippen molar-refractivity contribution in [2.45, 2.75) is 71.6 Å². The molecule has 0 fully saturated rings. The molecule has 2 atom stereocenters. The Bertz CT molecular complexity index is 733. The first-order valence-electron chi connectivity index (χ1n) is 9.01. The molecular weight excluding hydrogens is 318 g/mol. The maximum Gasteiger partial charge on any atom is 0.242 e. The van der Waals surface area contributed by atoms with Crippen LogP contribution in [0.4, 0.5) is 5.82 Å². The second kappa shape index (κ2) is 7.35. The number of carbonyl (C=O) groups is 1. The van der Waals surface area contributed by atoms with Gasteiger partial charge in [-0.1, -0.05) is 6.92 Å². The van der Waals surface area contributed by atoms with Crippen LogP contribution in [-0.4, -0.2) is 42.5 Å². The number of anilines is 1. The molecule has 0 aromatic carbocycles. The summed E-state index contributed by atoms with van der Waals surface area (Å²) in [4.78, 5) is 17.0. The molecule has 25 heavy (non-hydrogen) atoms. The predicted octanol–water partition coefficient (Wildman–Crippen LogP) is 1.55. The number of rotatable bonds is 6. The lowest BCUT2D eigenvalue weighted by Gasteiger charge is -2.26. The van der Waals surface area contributed by atoms with E-state index in [-0.39, 0.29) is 24.0 Å². The van der Waals surface area contributed by atoms with Gasteiger partial charge in [0.05, 0.1) is 18.8 Å². The SMILES string of the molecule is CCc1nc2n(n1)C[C@H](N[C@H](C)C(=O)Nc1ccnn1C(C)C)CC2. The average Bonchev–Trinajstić information content (AvgIpc) is 3.20. The molecule has 8 nitrogen and oxygen atoms in total. The van der Waals surface area contributed by atoms with Gasteiger partial charge in [-0.2, -0.15) is 10.2 Å². The number of amides is 1. The van der Waals surface area contributed by atoms with E-state index in [1.165, 1.54) is 0 Å². The Labute approximate surface area is 148 Å². The molecule has 3 rings (SSSR count). The molecule has 2 aromatic rings. The van der Waals surface area contributed by atoms with E-state index in [2.05, 4.69) is 32.7 Å². The predicted molar refractivity (Wildman–Crippen MR) is 95.3 cm³/mol. The second-order valence-corrected chi connectivity index (χ2v) is 6.85. The summed E-state index contributed by atoms with van der Waals surface area (Å²) in [7, 11) is 0. The monoisotopic (exact) mass is 345 g/mol. The zero-order valence-electron chi connectivity index (χ0n) is 15.4. The third kappa shape index (κ3) is 3.89. The van der Waals surface area contributed by atoms with Crippen molar-refractivity contribution in [3.05, 3.63) is 23.9 Å². The Morgan fingerprint density at radius 3 is 2.92 bits per heavy atom. The van der Waals surface area contributed by atoms with Gasteiger partial charge >= 0.3 is 0 Å². The summed E-state index contributed by atoms with van der Waals surface area (Å²) in [5, 5.41) is 15.1. The lowest BCUT2D eigenvalue weighted by molar-refractivity contribution is -0.118. The summed E-state index contributed by atoms with van der Waals surface area (Å²) in [6, 6.07) is 1.94. The zero-order valence-corrected chi connectivity index (χ0v) is 15.4. The van der Waals surface area contributed by atoms with Gasteiger partial charge in [0, 0.05) is 31.0 Å². The van der Waals surface area contributed by atoms with Crippen molar-refractivity contribution in [3.63, 3.8) is 0 Å². The highest BCUT2D eigenvalue weighted by Gasteiger charge is 2.25. The molecule has 1 amide bonds. The molecule has 136 valence electrons. The first kappa shape index (κ1) is 17.6. The van der Waals surface area contributed by atoms with Gasteiger partial charge in [0.1, 0.15) is 11.6 Å². The summed E-state index contributed by atoms with van der Waals surface area (Å²) >= 11 is 0. The van der Waals surface area contributed by atoms with E-state index in [9.17, 15) is 4.79 Å². The molecule has 0 saturated heterocycles. The number of nitrogens with zero attached hydrogens (tertiary/aromatic N) is 5. The molecule has 8 heteroatoms. The molecule has 0 unspecified atom stereocenters. The minimum Gasteiger partial charge on any atom is -0.310 e. The minimum absolute atomic E-state index is 0.0546. The van der Waals surface area contributed by atoms with Gasteiger partial charge in [-0.05, 0) is 27.2 Å². The normalized spacial score (nSPS) is 18.2. The van der Waals surface area contributed by atoms with Crippen LogP contribution in [0.3, 0.4) is 0 Å². The minimum atomic E-state index is -0.295. The van der Waals surface area contributed by atoms with Gasteiger partial charge in [-0.25, -0.2) is 14.3 Å². The molecule has 0 saturated carbocycles. The fourth-order valence-corrected chi connectivity index (χ4v) is 3.13. The molecule has 0 bridgehead atoms. The standard InChI is InChI=1S/C17H27N7O/c1-5-14-20-15-7-6-13(10-23(15)22-14)19-12(4)17(25)21-16-8-9-18-24(16)11(2)3/h8-9,11-13,19H,5-7,10H2,1-4H3,(H,21,25)/t12-,13-/m1/s1. The van der Waals surface area contributed by atoms with Crippen LogP contribution in [0.5, 0.6) is 0 Å². The molecule has 0 spiro atoms. The van der Waals surface area contributed by atoms with Crippen molar-refractivity contribution in [1.29, 1.82) is 0 Å². The van der Waals surface area contributed by atoms with Crippen LogP contribution in [0, 0.1) is 0 Å². The third-order valence-electron chi connectivity index (χ3n) is 4.51. The first-order valence-corrected chi connectivity index (χ1v) is 9.01. The Morgan fingerprint density at radius 2 is 2.20 bits per heavy atom. The number of carbonyl (C=O) groups excluding carboxylic acids is 1. The van der Waals surface area contributed by atoms with E-state index < -0.39 is 0 Å². The van der Waals surface area contributed by atoms with Crippen molar-refractivity contribution in [2.75, 3.05) is 5.32 Å². The Kier molecular flexibility index (Phi) is 5.17. The van der Waals surface area contributed by atoms with Gasteiger partial charge in [-0.3, -0.25) is 4.79 Å². The first-order chi connectivity index (χ1) is 12.0. The quantitative estimate of drug-likeness (QED) is 0.829. The molecule has 2 N–H and O–H groups in total. The largest absolute Gasteiger partial charge is 0.310 e. The van der Waals surface area contributed by atoms with Gasteiger partial charge in [0.2, 0.25) is 5.91 Å². The van der Waals surface area contributed by atoms with Crippen molar-refractivity contribution in [2.24, 2.45) is 0 Å². The summed E-state index contributed by atoms with van der Waals surface area (Å²) in [5.41, 5.74) is 0. The molecular formula is C17H27N7O. The maximum absolute atomic E-state index is 12.5. The van der Waals surface area contributed by atoms with Crippen LogP contribution in [0.2, 0.25) is 0 Å². The fourth-order valence-electron chi connectivity index (χ4n) is 3.13. The Hall–Kier alpha value is -2.22. The van der Waals surface area contributed by atoms with Gasteiger partial charge in [-0.15, -0.1) is 0 Å². The van der Waals surface area contributed by atoms with Crippen LogP contribution >= 0.6 is 0 Å². The van der Waals surface area contributed by atoms with Gasteiger partial charge < -0.3 is 10.6 Å². The van der Waals surface area contributed by atoms with E-state index >= 15 is 0 Å². The average molecular weight is 345 g/mol. The lowest BCUT2D eigenvalue weighted by Crippen LogP contribution is -2.47. The molecule has 2 aromatic heterocycles. The van der Waals surface area contributed by atoms with Crippen LogP contribution in [0.1, 0.15) is 51.8 Å².